The molecule has 0 atom stereocenters. The molecule has 1 aromatic carbocycles. The second-order valence-corrected chi connectivity index (χ2v) is 6.39. The van der Waals surface area contributed by atoms with E-state index in [2.05, 4.69) is 42.8 Å². The molecule has 0 aliphatic rings. The lowest BCUT2D eigenvalue weighted by Gasteiger charge is -2.11. The van der Waals surface area contributed by atoms with Crippen LogP contribution in [0.2, 0.25) is 0 Å². The van der Waals surface area contributed by atoms with Crippen LogP contribution in [0.15, 0.2) is 29.3 Å². The Morgan fingerprint density at radius 2 is 1.89 bits per heavy atom. The van der Waals surface area contributed by atoms with Crippen LogP contribution >= 0.6 is 0 Å². The van der Waals surface area contributed by atoms with Gasteiger partial charge in [-0.2, -0.15) is 10.2 Å². The molecule has 148 valence electrons. The monoisotopic (exact) mass is 382 g/mol. The lowest BCUT2D eigenvalue weighted by molar-refractivity contribution is 0.415. The fourth-order valence-corrected chi connectivity index (χ4v) is 2.88. The van der Waals surface area contributed by atoms with Crippen molar-refractivity contribution in [2.45, 2.75) is 26.9 Å². The van der Waals surface area contributed by atoms with Crippen LogP contribution in [0.25, 0.3) is 11.4 Å². The number of hydrogen-bond acceptors (Lipinski definition) is 5. The average Bonchev–Trinajstić information content (AvgIpc) is 3.27. The van der Waals surface area contributed by atoms with Crippen LogP contribution in [0.4, 0.5) is 0 Å². The number of aromatic amines is 1. The number of rotatable bonds is 6. The van der Waals surface area contributed by atoms with Crippen LogP contribution in [0.1, 0.15) is 22.8 Å². The molecule has 2 aromatic heterocycles. The number of guanidine groups is 1. The molecule has 9 heteroatoms. The first-order valence-corrected chi connectivity index (χ1v) is 9.01. The van der Waals surface area contributed by atoms with Gasteiger partial charge < -0.3 is 15.4 Å². The number of H-pyrrole nitrogens is 1. The minimum atomic E-state index is 0.480. The first-order valence-electron chi connectivity index (χ1n) is 9.01. The predicted octanol–water partition coefficient (Wildman–Crippen LogP) is 1.70. The Kier molecular flexibility index (Phi) is 5.93. The number of ether oxygens (including phenoxy) is 1. The molecule has 0 aliphatic heterocycles. The molecule has 0 fully saturated rings. The first-order chi connectivity index (χ1) is 13.5. The normalized spacial score (nSPS) is 11.5. The van der Waals surface area contributed by atoms with Crippen molar-refractivity contribution >= 4 is 5.96 Å². The largest absolute Gasteiger partial charge is 0.497 e. The molecule has 0 unspecified atom stereocenters. The summed E-state index contributed by atoms with van der Waals surface area (Å²) in [7, 11) is 5.33. The first kappa shape index (κ1) is 19.4. The molecule has 3 rings (SSSR count). The number of benzene rings is 1. The van der Waals surface area contributed by atoms with Gasteiger partial charge in [0.05, 0.1) is 19.3 Å². The Morgan fingerprint density at radius 3 is 2.50 bits per heavy atom. The molecule has 0 radical (unpaired) electrons. The van der Waals surface area contributed by atoms with Gasteiger partial charge >= 0.3 is 0 Å². The molecular weight excluding hydrogens is 356 g/mol. The van der Waals surface area contributed by atoms with Gasteiger partial charge in [0.2, 0.25) is 0 Å². The Bertz CT molecular complexity index is 955. The summed E-state index contributed by atoms with van der Waals surface area (Å²) in [5, 5.41) is 18.2. The molecule has 3 aromatic rings. The lowest BCUT2D eigenvalue weighted by atomic mass is 10.2. The summed E-state index contributed by atoms with van der Waals surface area (Å²) in [6.45, 7) is 5.20. The maximum Gasteiger partial charge on any atom is 0.191 e. The minimum absolute atomic E-state index is 0.480. The molecular formula is C19H26N8O. The number of aromatic nitrogens is 5. The Hall–Kier alpha value is -3.36. The highest BCUT2D eigenvalue weighted by atomic mass is 16.5. The van der Waals surface area contributed by atoms with Crippen LogP contribution in [0.3, 0.4) is 0 Å². The zero-order chi connectivity index (χ0) is 20.1. The molecule has 28 heavy (non-hydrogen) atoms. The second kappa shape index (κ2) is 8.55. The zero-order valence-corrected chi connectivity index (χ0v) is 16.9. The van der Waals surface area contributed by atoms with Crippen molar-refractivity contribution in [2.24, 2.45) is 12.0 Å². The van der Waals surface area contributed by atoms with Gasteiger partial charge in [-0.1, -0.05) is 0 Å². The van der Waals surface area contributed by atoms with E-state index in [0.29, 0.717) is 24.9 Å². The number of nitrogens with zero attached hydrogens (tertiary/aromatic N) is 5. The SMILES string of the molecule is CN=C(NCc1nc(-c2ccc(OC)cc2)n[nH]1)NCc1c(C)nn(C)c1C. The van der Waals surface area contributed by atoms with Crippen LogP contribution in [-0.2, 0) is 20.1 Å². The van der Waals surface area contributed by atoms with Gasteiger partial charge in [-0.3, -0.25) is 14.8 Å². The van der Waals surface area contributed by atoms with Gasteiger partial charge in [-0.15, -0.1) is 0 Å². The van der Waals surface area contributed by atoms with Crippen LogP contribution in [-0.4, -0.2) is 45.1 Å². The summed E-state index contributed by atoms with van der Waals surface area (Å²) in [4.78, 5) is 8.79. The third-order valence-corrected chi connectivity index (χ3v) is 4.62. The molecule has 0 aliphatic carbocycles. The fourth-order valence-electron chi connectivity index (χ4n) is 2.88. The molecule has 3 N–H and O–H groups in total. The van der Waals surface area contributed by atoms with Crippen molar-refractivity contribution in [3.8, 4) is 17.1 Å². The van der Waals surface area contributed by atoms with Crippen molar-refractivity contribution in [1.29, 1.82) is 0 Å². The molecule has 2 heterocycles. The standard InChI is InChI=1S/C19H26N8O/c1-12-16(13(2)27(4)26-12)10-21-19(20-3)22-11-17-23-18(25-24-17)14-6-8-15(28-5)9-7-14/h6-9H,10-11H2,1-5H3,(H2,20,21,22)(H,23,24,25). The van der Waals surface area contributed by atoms with Crippen molar-refractivity contribution in [3.63, 3.8) is 0 Å². The Balaban J connectivity index is 1.57. The zero-order valence-electron chi connectivity index (χ0n) is 16.9. The van der Waals surface area contributed by atoms with Gasteiger partial charge in [-0.25, -0.2) is 4.98 Å². The summed E-state index contributed by atoms with van der Waals surface area (Å²) in [6, 6.07) is 7.63. The third kappa shape index (κ3) is 4.30. The minimum Gasteiger partial charge on any atom is -0.497 e. The topological polar surface area (TPSA) is 105 Å². The quantitative estimate of drug-likeness (QED) is 0.443. The van der Waals surface area contributed by atoms with E-state index in [4.69, 9.17) is 4.74 Å². The van der Waals surface area contributed by atoms with Crippen LogP contribution in [0.5, 0.6) is 5.75 Å². The summed E-state index contributed by atoms with van der Waals surface area (Å²) in [6.07, 6.45) is 0. The van der Waals surface area contributed by atoms with Crippen LogP contribution in [0, 0.1) is 13.8 Å². The van der Waals surface area contributed by atoms with Gasteiger partial charge in [0.1, 0.15) is 11.6 Å². The van der Waals surface area contributed by atoms with Gasteiger partial charge in [-0.05, 0) is 38.1 Å². The van der Waals surface area contributed by atoms with Gasteiger partial charge in [0.15, 0.2) is 11.8 Å². The summed E-state index contributed by atoms with van der Waals surface area (Å²) in [5.41, 5.74) is 4.25. The van der Waals surface area contributed by atoms with Crippen molar-refractivity contribution in [3.05, 3.63) is 47.0 Å². The van der Waals surface area contributed by atoms with E-state index in [1.54, 1.807) is 14.2 Å². The van der Waals surface area contributed by atoms with Crippen molar-refractivity contribution < 1.29 is 4.74 Å². The number of hydrogen-bond donors (Lipinski definition) is 3. The smallest absolute Gasteiger partial charge is 0.191 e. The molecule has 9 nitrogen and oxygen atoms in total. The maximum absolute atomic E-state index is 5.17. The highest BCUT2D eigenvalue weighted by Crippen LogP contribution is 2.18. The summed E-state index contributed by atoms with van der Waals surface area (Å²) >= 11 is 0. The molecule has 0 spiro atoms. The van der Waals surface area contributed by atoms with Crippen LogP contribution < -0.4 is 15.4 Å². The molecule has 0 amide bonds. The lowest BCUT2D eigenvalue weighted by Crippen LogP contribution is -2.36. The van der Waals surface area contributed by atoms with Gasteiger partial charge in [0.25, 0.3) is 0 Å². The molecule has 0 saturated carbocycles. The number of methoxy groups -OCH3 is 1. The Morgan fingerprint density at radius 1 is 1.18 bits per heavy atom. The highest BCUT2D eigenvalue weighted by Gasteiger charge is 2.11. The molecule has 0 bridgehead atoms. The van der Waals surface area contributed by atoms with Crippen molar-refractivity contribution in [2.75, 3.05) is 14.2 Å². The number of aliphatic imine (C=N–C) groups is 1. The van der Waals surface area contributed by atoms with Crippen molar-refractivity contribution in [1.82, 2.24) is 35.6 Å². The fraction of sp³-hybridized carbons (Fsp3) is 0.368. The van der Waals surface area contributed by atoms with E-state index in [9.17, 15) is 0 Å². The van der Waals surface area contributed by atoms with E-state index in [1.807, 2.05) is 42.9 Å². The average molecular weight is 382 g/mol. The second-order valence-electron chi connectivity index (χ2n) is 6.39. The number of aryl methyl sites for hydroxylation is 2. The van der Waals surface area contributed by atoms with E-state index in [1.165, 1.54) is 5.56 Å². The Labute approximate surface area is 164 Å². The third-order valence-electron chi connectivity index (χ3n) is 4.62. The van der Waals surface area contributed by atoms with E-state index in [0.717, 1.165) is 28.5 Å². The summed E-state index contributed by atoms with van der Waals surface area (Å²) in [5.74, 6) is 2.85. The molecule has 0 saturated heterocycles. The van der Waals surface area contributed by atoms with E-state index in [-0.39, 0.29) is 0 Å². The van der Waals surface area contributed by atoms with E-state index < -0.39 is 0 Å². The predicted molar refractivity (Wildman–Crippen MR) is 108 cm³/mol. The highest BCUT2D eigenvalue weighted by molar-refractivity contribution is 5.79. The number of nitrogens with one attached hydrogen (secondary N) is 3. The van der Waals surface area contributed by atoms with Gasteiger partial charge in [0, 0.05) is 37.5 Å². The summed E-state index contributed by atoms with van der Waals surface area (Å²) < 4.78 is 7.06. The van der Waals surface area contributed by atoms with E-state index >= 15 is 0 Å². The maximum atomic E-state index is 5.17.